The van der Waals surface area contributed by atoms with E-state index in [-0.39, 0.29) is 32.4 Å². The molecule has 2 aromatic heterocycles. The average molecular weight is 407 g/mol. The zero-order chi connectivity index (χ0) is 20.4. The van der Waals surface area contributed by atoms with E-state index in [1.165, 1.54) is 38.3 Å². The Balaban J connectivity index is 1.95. The number of methoxy groups -OCH3 is 1. The van der Waals surface area contributed by atoms with Crippen LogP contribution in [-0.2, 0) is 0 Å². The van der Waals surface area contributed by atoms with Crippen LogP contribution in [0.3, 0.4) is 0 Å². The quantitative estimate of drug-likeness (QED) is 0.673. The average Bonchev–Trinajstić information content (AvgIpc) is 2.97. The van der Waals surface area contributed by atoms with Gasteiger partial charge in [-0.1, -0.05) is 12.1 Å². The molecule has 28 heavy (non-hydrogen) atoms. The molecule has 7 nitrogen and oxygen atoms in total. The van der Waals surface area contributed by atoms with Crippen LogP contribution in [-0.4, -0.2) is 29.7 Å². The van der Waals surface area contributed by atoms with Crippen LogP contribution in [0.5, 0.6) is 11.5 Å². The van der Waals surface area contributed by atoms with E-state index in [0.717, 1.165) is 11.3 Å². The number of aromatic amines is 1. The Bertz CT molecular complexity index is 1140. The second kappa shape index (κ2) is 7.77. The summed E-state index contributed by atoms with van der Waals surface area (Å²) in [5.41, 5.74) is 0.423. The number of carbonyl (C=O) groups is 1. The predicted molar refractivity (Wildman–Crippen MR) is 97.9 cm³/mol. The summed E-state index contributed by atoms with van der Waals surface area (Å²) >= 11 is 0.861. The molecule has 1 N–H and O–H groups in total. The number of halogens is 2. The number of hydrogen-bond acceptors (Lipinski definition) is 7. The van der Waals surface area contributed by atoms with E-state index in [1.807, 2.05) is 0 Å². The maximum absolute atomic E-state index is 12.4. The summed E-state index contributed by atoms with van der Waals surface area (Å²) in [7, 11) is 1.32. The number of alkyl halides is 2. The Morgan fingerprint density at radius 1 is 1.32 bits per heavy atom. The highest BCUT2D eigenvalue weighted by Crippen LogP contribution is 2.30. The number of aryl methyl sites for hydroxylation is 1. The summed E-state index contributed by atoms with van der Waals surface area (Å²) in [4.78, 5) is 30.4. The molecule has 0 saturated heterocycles. The molecule has 3 rings (SSSR count). The molecule has 0 aliphatic rings. The number of fused-ring (bicyclic) bond motifs is 1. The highest BCUT2D eigenvalue weighted by atomic mass is 32.1. The van der Waals surface area contributed by atoms with Gasteiger partial charge in [0, 0.05) is 0 Å². The molecule has 0 atom stereocenters. The molecule has 0 aliphatic carbocycles. The third-order valence-electron chi connectivity index (χ3n) is 3.84. The summed E-state index contributed by atoms with van der Waals surface area (Å²) in [6, 6.07) is 4.34. The highest BCUT2D eigenvalue weighted by Gasteiger charge is 2.14. The summed E-state index contributed by atoms with van der Waals surface area (Å²) in [5, 5.41) is 11.3. The minimum atomic E-state index is -2.98. The monoisotopic (exact) mass is 407 g/mol. The van der Waals surface area contributed by atoms with Crippen molar-refractivity contribution in [1.82, 2.24) is 9.97 Å². The van der Waals surface area contributed by atoms with Gasteiger partial charge in [0.05, 0.1) is 23.3 Å². The van der Waals surface area contributed by atoms with Crippen LogP contribution in [0.4, 0.5) is 8.78 Å². The number of H-pyrrole nitrogens is 1. The predicted octanol–water partition coefficient (Wildman–Crippen LogP) is 2.44. The first-order valence-electron chi connectivity index (χ1n) is 7.86. The zero-order valence-corrected chi connectivity index (χ0v) is 15.4. The van der Waals surface area contributed by atoms with Crippen molar-refractivity contribution in [1.29, 1.82) is 0 Å². The van der Waals surface area contributed by atoms with Crippen LogP contribution < -0.4 is 20.1 Å². The molecular weight excluding hydrogens is 394 g/mol. The molecule has 0 bridgehead atoms. The number of hydrogen-bond donors (Lipinski definition) is 1. The van der Waals surface area contributed by atoms with E-state index in [0.29, 0.717) is 11.1 Å². The fraction of sp³-hybridized carbons (Fsp3) is 0.167. The van der Waals surface area contributed by atoms with Gasteiger partial charge in [0.15, 0.2) is 11.5 Å². The van der Waals surface area contributed by atoms with Gasteiger partial charge in [-0.3, -0.25) is 4.79 Å². The van der Waals surface area contributed by atoms with Crippen molar-refractivity contribution in [3.63, 3.8) is 0 Å². The van der Waals surface area contributed by atoms with E-state index in [4.69, 9.17) is 4.74 Å². The van der Waals surface area contributed by atoms with Gasteiger partial charge in [0.25, 0.3) is 5.56 Å². The molecule has 0 fully saturated rings. The van der Waals surface area contributed by atoms with E-state index in [2.05, 4.69) is 14.7 Å². The first-order chi connectivity index (χ1) is 13.3. The molecule has 0 unspecified atom stereocenters. The Kier molecular flexibility index (Phi) is 5.41. The molecule has 10 heteroatoms. The number of ether oxygens (including phenoxy) is 2. The van der Waals surface area contributed by atoms with E-state index in [1.54, 1.807) is 6.08 Å². The number of nitrogens with one attached hydrogen (secondary N) is 1. The number of rotatable bonds is 6. The SMILES string of the molecule is COc1cc(/C=C/c2nc3sc(C(=O)[O-])c(C)c3c(=O)[nH]2)ccc1OC(F)F. The third kappa shape index (κ3) is 3.86. The number of carboxylic acid groups (broad SMARTS) is 1. The second-order valence-corrected chi connectivity index (χ2v) is 6.60. The Hall–Kier alpha value is -3.27. The number of aromatic carboxylic acids is 1. The van der Waals surface area contributed by atoms with Gasteiger partial charge in [-0.05, 0) is 36.3 Å². The van der Waals surface area contributed by atoms with E-state index >= 15 is 0 Å². The van der Waals surface area contributed by atoms with Gasteiger partial charge < -0.3 is 24.4 Å². The van der Waals surface area contributed by atoms with Crippen LogP contribution in [0.15, 0.2) is 23.0 Å². The van der Waals surface area contributed by atoms with Crippen LogP contribution in [0.25, 0.3) is 22.4 Å². The van der Waals surface area contributed by atoms with Crippen molar-refractivity contribution in [2.45, 2.75) is 13.5 Å². The molecule has 0 radical (unpaired) electrons. The van der Waals surface area contributed by atoms with Gasteiger partial charge in [0.1, 0.15) is 10.7 Å². The highest BCUT2D eigenvalue weighted by molar-refractivity contribution is 7.20. The number of carboxylic acids is 1. The summed E-state index contributed by atoms with van der Waals surface area (Å²) < 4.78 is 34.1. The Labute approximate surface area is 160 Å². The van der Waals surface area contributed by atoms with Crippen molar-refractivity contribution in [3.05, 3.63) is 50.4 Å². The van der Waals surface area contributed by atoms with Crippen molar-refractivity contribution in [3.8, 4) is 11.5 Å². The lowest BCUT2D eigenvalue weighted by molar-refractivity contribution is -0.254. The second-order valence-electron chi connectivity index (χ2n) is 5.60. The van der Waals surface area contributed by atoms with Crippen LogP contribution in [0, 0.1) is 6.92 Å². The topological polar surface area (TPSA) is 104 Å². The summed E-state index contributed by atoms with van der Waals surface area (Å²) in [6.45, 7) is -1.46. The van der Waals surface area contributed by atoms with Crippen LogP contribution >= 0.6 is 11.3 Å². The number of thiophene rings is 1. The normalized spacial score (nSPS) is 11.5. The summed E-state index contributed by atoms with van der Waals surface area (Å²) in [6.07, 6.45) is 3.08. The van der Waals surface area contributed by atoms with E-state index in [9.17, 15) is 23.5 Å². The number of carbonyl (C=O) groups excluding carboxylic acids is 1. The fourth-order valence-electron chi connectivity index (χ4n) is 2.59. The lowest BCUT2D eigenvalue weighted by Gasteiger charge is -2.10. The zero-order valence-electron chi connectivity index (χ0n) is 14.6. The third-order valence-corrected chi connectivity index (χ3v) is 5.01. The lowest BCUT2D eigenvalue weighted by Crippen LogP contribution is -2.21. The molecule has 0 saturated carbocycles. The van der Waals surface area contributed by atoms with E-state index < -0.39 is 18.1 Å². The first kappa shape index (κ1) is 19.5. The molecule has 0 amide bonds. The molecule has 1 aromatic carbocycles. The van der Waals surface area contributed by atoms with Crippen molar-refractivity contribution < 1.29 is 28.2 Å². The lowest BCUT2D eigenvalue weighted by atomic mass is 10.2. The van der Waals surface area contributed by atoms with Gasteiger partial charge >= 0.3 is 6.61 Å². The molecule has 0 spiro atoms. The fourth-order valence-corrected chi connectivity index (χ4v) is 3.61. The largest absolute Gasteiger partial charge is 0.544 e. The van der Waals surface area contributed by atoms with Crippen LogP contribution in [0.2, 0.25) is 0 Å². The molecule has 146 valence electrons. The van der Waals surface area contributed by atoms with Gasteiger partial charge in [-0.25, -0.2) is 4.98 Å². The van der Waals surface area contributed by atoms with Crippen molar-refractivity contribution >= 4 is 39.7 Å². The number of aromatic nitrogens is 2. The molecule has 3 aromatic rings. The van der Waals surface area contributed by atoms with Crippen LogP contribution in [0.1, 0.15) is 26.6 Å². The minimum absolute atomic E-state index is 0.0477. The number of nitrogens with zero attached hydrogens (tertiary/aromatic N) is 1. The molecule has 2 heterocycles. The van der Waals surface area contributed by atoms with Gasteiger partial charge in [-0.15, -0.1) is 11.3 Å². The summed E-state index contributed by atoms with van der Waals surface area (Å²) in [5.74, 6) is -1.15. The Morgan fingerprint density at radius 3 is 2.71 bits per heavy atom. The maximum atomic E-state index is 12.4. The smallest absolute Gasteiger partial charge is 0.387 e. The molecule has 0 aliphatic heterocycles. The first-order valence-corrected chi connectivity index (χ1v) is 8.67. The minimum Gasteiger partial charge on any atom is -0.544 e. The Morgan fingerprint density at radius 2 is 2.07 bits per heavy atom. The van der Waals surface area contributed by atoms with Gasteiger partial charge in [-0.2, -0.15) is 8.78 Å². The van der Waals surface area contributed by atoms with Crippen molar-refractivity contribution in [2.24, 2.45) is 0 Å². The molecular formula is C18H13F2N2O5S-. The maximum Gasteiger partial charge on any atom is 0.387 e. The van der Waals surface area contributed by atoms with Gasteiger partial charge in [0.2, 0.25) is 0 Å². The van der Waals surface area contributed by atoms with Crippen molar-refractivity contribution in [2.75, 3.05) is 7.11 Å². The number of benzene rings is 1. The standard InChI is InChI=1S/C18H14F2N2O5S/c1-8-13-15(23)21-12(22-16(13)28-14(8)17(24)25)6-4-9-3-5-10(27-18(19)20)11(7-9)26-2/h3-7,18H,1-2H3,(H,24,25)(H,21,22,23)/p-1/b6-4+.